The van der Waals surface area contributed by atoms with Gasteiger partial charge < -0.3 is 20.9 Å². The first kappa shape index (κ1) is 13.4. The number of carbonyl (C=O) groups is 1. The van der Waals surface area contributed by atoms with Crippen molar-refractivity contribution in [1.82, 2.24) is 4.90 Å². The van der Waals surface area contributed by atoms with E-state index in [1.807, 2.05) is 0 Å². The van der Waals surface area contributed by atoms with Crippen molar-refractivity contribution < 1.29 is 14.3 Å². The summed E-state index contributed by atoms with van der Waals surface area (Å²) in [6.45, 7) is 2.35. The second kappa shape index (κ2) is 6.15. The molecule has 1 rings (SSSR count). The Labute approximate surface area is 95.8 Å². The van der Waals surface area contributed by atoms with Gasteiger partial charge >= 0.3 is 0 Å². The molecule has 6 nitrogen and oxygen atoms in total. The van der Waals surface area contributed by atoms with Gasteiger partial charge in [0.05, 0.1) is 18.2 Å². The van der Waals surface area contributed by atoms with E-state index in [0.29, 0.717) is 6.42 Å². The molecule has 3 unspecified atom stereocenters. The molecule has 1 aliphatic rings. The van der Waals surface area contributed by atoms with Gasteiger partial charge in [-0.05, 0) is 6.42 Å². The number of nitrogens with zero attached hydrogens (tertiary/aromatic N) is 1. The van der Waals surface area contributed by atoms with Crippen LogP contribution in [0.3, 0.4) is 0 Å². The average molecular weight is 231 g/mol. The van der Waals surface area contributed by atoms with Crippen LogP contribution in [0, 0.1) is 0 Å². The van der Waals surface area contributed by atoms with Gasteiger partial charge in [0.1, 0.15) is 0 Å². The highest BCUT2D eigenvalue weighted by molar-refractivity contribution is 5.79. The number of likely N-dealkylation sites (tertiary alicyclic amines) is 1. The Bertz CT molecular complexity index is 225. The summed E-state index contributed by atoms with van der Waals surface area (Å²) in [5.74, 6) is -0.453. The van der Waals surface area contributed by atoms with Gasteiger partial charge in [-0.1, -0.05) is 0 Å². The summed E-state index contributed by atoms with van der Waals surface area (Å²) in [6, 6.07) is -0.567. The van der Waals surface area contributed by atoms with E-state index in [1.165, 1.54) is 0 Å². The molecule has 0 aromatic heterocycles. The van der Waals surface area contributed by atoms with Crippen LogP contribution >= 0.6 is 0 Å². The SMILES string of the molecule is COC1CN(CCC(N)C(N)=O)CC1OC. The van der Waals surface area contributed by atoms with Gasteiger partial charge in [-0.3, -0.25) is 9.69 Å². The standard InChI is InChI=1S/C10H21N3O3/c1-15-8-5-13(6-9(8)16-2)4-3-7(11)10(12)14/h7-9H,3-6,11H2,1-2H3,(H2,12,14). The van der Waals surface area contributed by atoms with Crippen LogP contribution in [0.5, 0.6) is 0 Å². The minimum Gasteiger partial charge on any atom is -0.377 e. The summed E-state index contributed by atoms with van der Waals surface area (Å²) in [5, 5.41) is 0. The number of primary amides is 1. The van der Waals surface area contributed by atoms with Gasteiger partial charge in [-0.25, -0.2) is 0 Å². The van der Waals surface area contributed by atoms with Crippen LogP contribution in [0.4, 0.5) is 0 Å². The van der Waals surface area contributed by atoms with E-state index in [0.717, 1.165) is 19.6 Å². The lowest BCUT2D eigenvalue weighted by Gasteiger charge is -2.16. The summed E-state index contributed by atoms with van der Waals surface area (Å²) in [5.41, 5.74) is 10.7. The van der Waals surface area contributed by atoms with E-state index in [9.17, 15) is 4.79 Å². The molecule has 1 saturated heterocycles. The minimum absolute atomic E-state index is 0.0924. The molecule has 0 aliphatic carbocycles. The van der Waals surface area contributed by atoms with Gasteiger partial charge in [-0.2, -0.15) is 0 Å². The van der Waals surface area contributed by atoms with Gasteiger partial charge in [0.25, 0.3) is 0 Å². The molecule has 0 bridgehead atoms. The zero-order chi connectivity index (χ0) is 12.1. The summed E-state index contributed by atoms with van der Waals surface area (Å²) in [4.78, 5) is 12.9. The maximum absolute atomic E-state index is 10.8. The van der Waals surface area contributed by atoms with Crippen LogP contribution in [0.15, 0.2) is 0 Å². The number of carbonyl (C=O) groups excluding carboxylic acids is 1. The fourth-order valence-electron chi connectivity index (χ4n) is 1.92. The topological polar surface area (TPSA) is 90.8 Å². The van der Waals surface area contributed by atoms with Crippen molar-refractivity contribution in [3.8, 4) is 0 Å². The van der Waals surface area contributed by atoms with Crippen molar-refractivity contribution in [3.63, 3.8) is 0 Å². The van der Waals surface area contributed by atoms with E-state index in [1.54, 1.807) is 14.2 Å². The van der Waals surface area contributed by atoms with Crippen LogP contribution in [0.2, 0.25) is 0 Å². The highest BCUT2D eigenvalue weighted by Crippen LogP contribution is 2.15. The Kier molecular flexibility index (Phi) is 5.14. The molecule has 0 radical (unpaired) electrons. The number of hydrogen-bond acceptors (Lipinski definition) is 5. The molecular formula is C10H21N3O3. The maximum Gasteiger partial charge on any atom is 0.234 e. The first-order chi connectivity index (χ1) is 7.58. The maximum atomic E-state index is 10.8. The molecule has 94 valence electrons. The molecule has 1 fully saturated rings. The Morgan fingerprint density at radius 2 is 1.88 bits per heavy atom. The molecule has 1 amide bonds. The molecule has 1 heterocycles. The van der Waals surface area contributed by atoms with Crippen LogP contribution in [0.25, 0.3) is 0 Å². The summed E-state index contributed by atoms with van der Waals surface area (Å²) < 4.78 is 10.6. The predicted molar refractivity (Wildman–Crippen MR) is 59.8 cm³/mol. The van der Waals surface area contributed by atoms with Gasteiger partial charge in [-0.15, -0.1) is 0 Å². The molecule has 6 heteroatoms. The number of rotatable bonds is 6. The monoisotopic (exact) mass is 231 g/mol. The fourth-order valence-corrected chi connectivity index (χ4v) is 1.92. The van der Waals surface area contributed by atoms with Crippen LogP contribution < -0.4 is 11.5 Å². The fraction of sp³-hybridized carbons (Fsp3) is 0.900. The zero-order valence-electron chi connectivity index (χ0n) is 9.89. The summed E-state index contributed by atoms with van der Waals surface area (Å²) in [6.07, 6.45) is 0.756. The van der Waals surface area contributed by atoms with Gasteiger partial charge in [0.15, 0.2) is 0 Å². The molecule has 0 aromatic carbocycles. The minimum atomic E-state index is -0.567. The quantitative estimate of drug-likeness (QED) is 0.582. The largest absolute Gasteiger partial charge is 0.377 e. The van der Waals surface area contributed by atoms with Crippen molar-refractivity contribution in [2.45, 2.75) is 24.7 Å². The zero-order valence-corrected chi connectivity index (χ0v) is 9.89. The van der Waals surface area contributed by atoms with E-state index in [2.05, 4.69) is 4.90 Å². The van der Waals surface area contributed by atoms with E-state index >= 15 is 0 Å². The number of nitrogens with two attached hydrogens (primary N) is 2. The third-order valence-electron chi connectivity index (χ3n) is 3.02. The van der Waals surface area contributed by atoms with E-state index in [4.69, 9.17) is 20.9 Å². The third-order valence-corrected chi connectivity index (χ3v) is 3.02. The van der Waals surface area contributed by atoms with Crippen molar-refractivity contribution >= 4 is 5.91 Å². The third kappa shape index (κ3) is 3.41. The van der Waals surface area contributed by atoms with Crippen molar-refractivity contribution in [2.75, 3.05) is 33.9 Å². The smallest absolute Gasteiger partial charge is 0.234 e. The molecule has 16 heavy (non-hydrogen) atoms. The van der Waals surface area contributed by atoms with Crippen molar-refractivity contribution in [1.29, 1.82) is 0 Å². The lowest BCUT2D eigenvalue weighted by molar-refractivity contribution is -0.119. The Morgan fingerprint density at radius 3 is 2.25 bits per heavy atom. The molecular weight excluding hydrogens is 210 g/mol. The average Bonchev–Trinajstić information content (AvgIpc) is 2.67. The lowest BCUT2D eigenvalue weighted by Crippen LogP contribution is -2.39. The molecule has 0 spiro atoms. The summed E-state index contributed by atoms with van der Waals surface area (Å²) in [7, 11) is 3.35. The number of ether oxygens (including phenoxy) is 2. The number of methoxy groups -OCH3 is 2. The number of hydrogen-bond donors (Lipinski definition) is 2. The second-order valence-corrected chi connectivity index (χ2v) is 4.11. The van der Waals surface area contributed by atoms with Crippen LogP contribution in [0.1, 0.15) is 6.42 Å². The first-order valence-electron chi connectivity index (χ1n) is 5.41. The van der Waals surface area contributed by atoms with E-state index in [-0.39, 0.29) is 12.2 Å². The molecule has 4 N–H and O–H groups in total. The van der Waals surface area contributed by atoms with Gasteiger partial charge in [0, 0.05) is 33.9 Å². The molecule has 3 atom stereocenters. The van der Waals surface area contributed by atoms with Gasteiger partial charge in [0.2, 0.25) is 5.91 Å². The van der Waals surface area contributed by atoms with Crippen LogP contribution in [-0.2, 0) is 14.3 Å². The second-order valence-electron chi connectivity index (χ2n) is 4.11. The lowest BCUT2D eigenvalue weighted by atomic mass is 10.2. The molecule has 0 saturated carbocycles. The molecule has 0 aromatic rings. The first-order valence-corrected chi connectivity index (χ1v) is 5.41. The number of amides is 1. The highest BCUT2D eigenvalue weighted by Gasteiger charge is 2.32. The van der Waals surface area contributed by atoms with E-state index < -0.39 is 11.9 Å². The van der Waals surface area contributed by atoms with Crippen LogP contribution in [-0.4, -0.2) is 62.9 Å². The molecule has 1 aliphatic heterocycles. The Balaban J connectivity index is 2.32. The Hall–Kier alpha value is -0.690. The highest BCUT2D eigenvalue weighted by atomic mass is 16.5. The predicted octanol–water partition coefficient (Wildman–Crippen LogP) is -1.47. The normalized spacial score (nSPS) is 28.2. The van der Waals surface area contributed by atoms with Crippen molar-refractivity contribution in [3.05, 3.63) is 0 Å². The van der Waals surface area contributed by atoms with Crippen molar-refractivity contribution in [2.24, 2.45) is 11.5 Å². The Morgan fingerprint density at radius 1 is 1.38 bits per heavy atom. The summed E-state index contributed by atoms with van der Waals surface area (Å²) >= 11 is 0.